The maximum Gasteiger partial charge on any atom is 0.258 e. The molecule has 0 bridgehead atoms. The molecule has 38 heavy (non-hydrogen) atoms. The van der Waals surface area contributed by atoms with Gasteiger partial charge < -0.3 is 20.3 Å². The number of anilines is 1. The molecule has 0 saturated carbocycles. The highest BCUT2D eigenvalue weighted by molar-refractivity contribution is 6.04. The third-order valence-electron chi connectivity index (χ3n) is 6.56. The summed E-state index contributed by atoms with van der Waals surface area (Å²) in [5.74, 6) is -1.45. The predicted molar refractivity (Wildman–Crippen MR) is 143 cm³/mol. The summed E-state index contributed by atoms with van der Waals surface area (Å²) in [5.41, 5.74) is 2.57. The fourth-order valence-electron chi connectivity index (χ4n) is 4.41. The molecule has 0 aromatic heterocycles. The molecule has 1 saturated heterocycles. The average molecular weight is 516 g/mol. The Morgan fingerprint density at radius 1 is 0.947 bits per heavy atom. The minimum absolute atomic E-state index is 0.0136. The zero-order valence-corrected chi connectivity index (χ0v) is 21.2. The number of amides is 3. The van der Waals surface area contributed by atoms with E-state index in [0.717, 1.165) is 24.0 Å². The first-order valence-electron chi connectivity index (χ1n) is 12.5. The third kappa shape index (κ3) is 6.85. The molecule has 1 fully saturated rings. The molecule has 3 aromatic rings. The number of halogens is 1. The second-order valence-electron chi connectivity index (χ2n) is 9.03. The Balaban J connectivity index is 1.24. The summed E-state index contributed by atoms with van der Waals surface area (Å²) in [7, 11) is 1.35. The molecule has 0 radical (unpaired) electrons. The molecule has 7 nitrogen and oxygen atoms in total. The van der Waals surface area contributed by atoms with Crippen LogP contribution < -0.4 is 15.4 Å². The lowest BCUT2D eigenvalue weighted by molar-refractivity contribution is -0.127. The van der Waals surface area contributed by atoms with Crippen LogP contribution in [0.25, 0.3) is 0 Å². The molecule has 8 heteroatoms. The normalized spacial score (nSPS) is 13.8. The van der Waals surface area contributed by atoms with Crippen molar-refractivity contribution in [3.05, 3.63) is 107 Å². The molecular weight excluding hydrogens is 485 g/mol. The minimum atomic E-state index is -0.701. The average Bonchev–Trinajstić information content (AvgIpc) is 2.96. The third-order valence-corrected chi connectivity index (χ3v) is 6.56. The molecule has 1 aliphatic heterocycles. The number of methoxy groups -OCH3 is 1. The smallest absolute Gasteiger partial charge is 0.258 e. The van der Waals surface area contributed by atoms with Gasteiger partial charge in [0.05, 0.1) is 12.7 Å². The van der Waals surface area contributed by atoms with Crippen LogP contribution in [-0.2, 0) is 16.1 Å². The Morgan fingerprint density at radius 3 is 2.34 bits per heavy atom. The van der Waals surface area contributed by atoms with Gasteiger partial charge in [-0.2, -0.15) is 0 Å². The Kier molecular flexibility index (Phi) is 8.87. The highest BCUT2D eigenvalue weighted by Crippen LogP contribution is 2.29. The lowest BCUT2D eigenvalue weighted by Crippen LogP contribution is -2.37. The van der Waals surface area contributed by atoms with Gasteiger partial charge in [0, 0.05) is 37.5 Å². The molecule has 0 spiro atoms. The van der Waals surface area contributed by atoms with Crippen molar-refractivity contribution >= 4 is 23.4 Å². The lowest BCUT2D eigenvalue weighted by Gasteiger charge is -2.31. The molecule has 1 heterocycles. The monoisotopic (exact) mass is 515 g/mol. The largest absolute Gasteiger partial charge is 0.494 e. The molecule has 0 atom stereocenters. The van der Waals surface area contributed by atoms with Crippen LogP contribution in [-0.4, -0.2) is 42.8 Å². The number of benzene rings is 3. The second-order valence-corrected chi connectivity index (χ2v) is 9.03. The molecule has 0 unspecified atom stereocenters. The second kappa shape index (κ2) is 12.7. The zero-order valence-electron chi connectivity index (χ0n) is 21.2. The van der Waals surface area contributed by atoms with E-state index >= 15 is 0 Å². The Hall–Kier alpha value is -4.46. The summed E-state index contributed by atoms with van der Waals surface area (Å²) < 4.78 is 19.3. The quantitative estimate of drug-likeness (QED) is 0.427. The van der Waals surface area contributed by atoms with E-state index in [1.165, 1.54) is 31.4 Å². The van der Waals surface area contributed by atoms with Crippen molar-refractivity contribution < 1.29 is 23.5 Å². The maximum atomic E-state index is 14.4. The van der Waals surface area contributed by atoms with E-state index in [-0.39, 0.29) is 29.0 Å². The summed E-state index contributed by atoms with van der Waals surface area (Å²) in [4.78, 5) is 38.8. The van der Waals surface area contributed by atoms with E-state index in [0.29, 0.717) is 25.3 Å². The zero-order chi connectivity index (χ0) is 26.9. The topological polar surface area (TPSA) is 87.7 Å². The van der Waals surface area contributed by atoms with Crippen LogP contribution in [0.2, 0.25) is 0 Å². The fraction of sp³-hybridized carbons (Fsp3) is 0.233. The highest BCUT2D eigenvalue weighted by Gasteiger charge is 2.23. The van der Waals surface area contributed by atoms with E-state index in [4.69, 9.17) is 4.74 Å². The van der Waals surface area contributed by atoms with Crippen molar-refractivity contribution in [1.29, 1.82) is 0 Å². The lowest BCUT2D eigenvalue weighted by atomic mass is 9.89. The standard InChI is InChI=1S/C30H30FN3O4/c1-38-26-9-5-8-25(29(26)31)30(37)33-24-12-10-22(11-13-24)23-16-18-34(19-17-23)28(36)15-14-27(35)32-20-21-6-3-2-4-7-21/h2-15,23H,16-20H2,1H3,(H,32,35)(H,33,37)/b15-14+. The van der Waals surface area contributed by atoms with E-state index in [2.05, 4.69) is 10.6 Å². The van der Waals surface area contributed by atoms with Gasteiger partial charge >= 0.3 is 0 Å². The van der Waals surface area contributed by atoms with Gasteiger partial charge in [-0.05, 0) is 54.2 Å². The van der Waals surface area contributed by atoms with E-state index < -0.39 is 11.7 Å². The van der Waals surface area contributed by atoms with Gasteiger partial charge in [0.15, 0.2) is 11.6 Å². The maximum absolute atomic E-state index is 14.4. The van der Waals surface area contributed by atoms with Crippen molar-refractivity contribution in [2.45, 2.75) is 25.3 Å². The molecule has 3 amide bonds. The van der Waals surface area contributed by atoms with Gasteiger partial charge in [-0.1, -0.05) is 48.5 Å². The predicted octanol–water partition coefficient (Wildman–Crippen LogP) is 4.67. The highest BCUT2D eigenvalue weighted by atomic mass is 19.1. The van der Waals surface area contributed by atoms with Crippen LogP contribution in [0, 0.1) is 5.82 Å². The Bertz CT molecular complexity index is 1300. The first-order valence-corrected chi connectivity index (χ1v) is 12.5. The molecule has 0 aliphatic carbocycles. The molecule has 2 N–H and O–H groups in total. The number of hydrogen-bond acceptors (Lipinski definition) is 4. The van der Waals surface area contributed by atoms with Crippen LogP contribution in [0.3, 0.4) is 0 Å². The number of likely N-dealkylation sites (tertiary alicyclic amines) is 1. The van der Waals surface area contributed by atoms with Gasteiger partial charge in [0.2, 0.25) is 11.8 Å². The minimum Gasteiger partial charge on any atom is -0.494 e. The van der Waals surface area contributed by atoms with E-state index in [1.807, 2.05) is 42.5 Å². The number of nitrogens with zero attached hydrogens (tertiary/aromatic N) is 1. The SMILES string of the molecule is COc1cccc(C(=O)Nc2ccc(C3CCN(C(=O)/C=C/C(=O)NCc4ccccc4)CC3)cc2)c1F. The van der Waals surface area contributed by atoms with Crippen molar-refractivity contribution in [3.63, 3.8) is 0 Å². The van der Waals surface area contributed by atoms with Crippen molar-refractivity contribution in [2.24, 2.45) is 0 Å². The van der Waals surface area contributed by atoms with Crippen LogP contribution in [0.5, 0.6) is 5.75 Å². The molecule has 1 aliphatic rings. The van der Waals surface area contributed by atoms with Gasteiger partial charge in [0.1, 0.15) is 0 Å². The number of piperidine rings is 1. The molecule has 196 valence electrons. The number of ether oxygens (including phenoxy) is 1. The first-order chi connectivity index (χ1) is 18.4. The van der Waals surface area contributed by atoms with Crippen LogP contribution in [0.1, 0.15) is 40.2 Å². The Labute approximate surface area is 221 Å². The van der Waals surface area contributed by atoms with E-state index in [1.54, 1.807) is 23.1 Å². The first kappa shape index (κ1) is 26.6. The molecule has 3 aromatic carbocycles. The fourth-order valence-corrected chi connectivity index (χ4v) is 4.41. The molecule has 4 rings (SSSR count). The number of rotatable bonds is 8. The summed E-state index contributed by atoms with van der Waals surface area (Å²) in [6.45, 7) is 1.59. The number of hydrogen-bond donors (Lipinski definition) is 2. The van der Waals surface area contributed by atoms with Gasteiger partial charge in [-0.25, -0.2) is 4.39 Å². The van der Waals surface area contributed by atoms with Crippen LogP contribution >= 0.6 is 0 Å². The summed E-state index contributed by atoms with van der Waals surface area (Å²) in [6, 6.07) is 21.5. The summed E-state index contributed by atoms with van der Waals surface area (Å²) in [6.07, 6.45) is 4.19. The van der Waals surface area contributed by atoms with Gasteiger partial charge in [-0.3, -0.25) is 14.4 Å². The van der Waals surface area contributed by atoms with Crippen molar-refractivity contribution in [3.8, 4) is 5.75 Å². The summed E-state index contributed by atoms with van der Waals surface area (Å²) in [5, 5.41) is 5.49. The summed E-state index contributed by atoms with van der Waals surface area (Å²) >= 11 is 0. The van der Waals surface area contributed by atoms with Crippen LogP contribution in [0.4, 0.5) is 10.1 Å². The van der Waals surface area contributed by atoms with E-state index in [9.17, 15) is 18.8 Å². The number of nitrogens with one attached hydrogen (secondary N) is 2. The van der Waals surface area contributed by atoms with Crippen molar-refractivity contribution in [2.75, 3.05) is 25.5 Å². The Morgan fingerprint density at radius 2 is 1.66 bits per heavy atom. The van der Waals surface area contributed by atoms with Gasteiger partial charge in [-0.15, -0.1) is 0 Å². The number of carbonyl (C=O) groups is 3. The van der Waals surface area contributed by atoms with Gasteiger partial charge in [0.25, 0.3) is 5.91 Å². The number of carbonyl (C=O) groups excluding carboxylic acids is 3. The van der Waals surface area contributed by atoms with Crippen molar-refractivity contribution in [1.82, 2.24) is 10.2 Å². The van der Waals surface area contributed by atoms with Crippen LogP contribution in [0.15, 0.2) is 84.9 Å². The molecular formula is C30H30FN3O4.